The summed E-state index contributed by atoms with van der Waals surface area (Å²) >= 11 is 0. The monoisotopic (exact) mass is 1030 g/mol. The van der Waals surface area contributed by atoms with Crippen LogP contribution in [0.15, 0.2) is 121 Å². The molecule has 17 aromatic carbocycles. The fourth-order valence-corrected chi connectivity index (χ4v) is 17.4. The molecule has 2 N–H and O–H groups in total. The Bertz CT molecular complexity index is 4890. The lowest BCUT2D eigenvalue weighted by molar-refractivity contribution is 0.476. The number of fused-ring (bicyclic) bond motifs is 6. The van der Waals surface area contributed by atoms with Crippen molar-refractivity contribution in [2.45, 2.75) is 83.1 Å². The maximum atomic E-state index is 12.5. The summed E-state index contributed by atoms with van der Waals surface area (Å²) < 4.78 is 0. The van der Waals surface area contributed by atoms with E-state index in [9.17, 15) is 10.2 Å². The number of phenols is 2. The zero-order chi connectivity index (χ0) is 54.7. The minimum Gasteiger partial charge on any atom is -0.508 e. The van der Waals surface area contributed by atoms with Crippen molar-refractivity contribution >= 4 is 129 Å². The molecule has 0 aromatic heterocycles. The van der Waals surface area contributed by atoms with Crippen molar-refractivity contribution < 1.29 is 10.2 Å². The van der Waals surface area contributed by atoms with Gasteiger partial charge in [0.1, 0.15) is 11.5 Å². The second-order valence-electron chi connectivity index (χ2n) is 25.0. The number of phenolic OH excluding ortho intramolecular Hbond substituents is 2. The first-order valence-corrected chi connectivity index (χ1v) is 28.5. The zero-order valence-corrected chi connectivity index (χ0v) is 47.4. The summed E-state index contributed by atoms with van der Waals surface area (Å²) in [6, 6.07) is 46.7. The summed E-state index contributed by atoms with van der Waals surface area (Å²) in [5.74, 6) is 0.536. The van der Waals surface area contributed by atoms with Gasteiger partial charge in [-0.05, 0) is 374 Å². The highest BCUT2D eigenvalue weighted by atomic mass is 16.3. The maximum Gasteiger partial charge on any atom is 0.116 e. The summed E-state index contributed by atoms with van der Waals surface area (Å²) in [7, 11) is 0. The molecule has 17 aromatic rings. The Hall–Kier alpha value is -8.98. The van der Waals surface area contributed by atoms with E-state index in [-0.39, 0.29) is 11.5 Å². The third kappa shape index (κ3) is 5.59. The second-order valence-corrected chi connectivity index (χ2v) is 25.0. The SMILES string of the molecule is Cc1cc(C)c(-c2cc3c4cc(O)cc5c6cc(-c7c(C)cc(C)cc7C)cc7c8cc(-c9c(C)cc(C)cc9C)cc9c%10cc(O)cc%11c%12cc(-c%13c(C)cc(C)cc%13C)cc%13c(c2)c3c2c(c45)c(c67)c(c98)c(c%11%10)c2c%12%13)c(C)c1. The fourth-order valence-electron chi connectivity index (χ4n) is 17.4. The molecule has 0 fully saturated rings. The molecule has 17 rings (SSSR count). The van der Waals surface area contributed by atoms with Gasteiger partial charge in [0.05, 0.1) is 0 Å². The van der Waals surface area contributed by atoms with Crippen molar-refractivity contribution in [1.29, 1.82) is 0 Å². The van der Waals surface area contributed by atoms with Crippen LogP contribution in [0.2, 0.25) is 0 Å². The highest BCUT2D eigenvalue weighted by molar-refractivity contribution is 6.61. The molecule has 0 unspecified atom stereocenters. The van der Waals surface area contributed by atoms with Gasteiger partial charge in [-0.3, -0.25) is 0 Å². The van der Waals surface area contributed by atoms with Crippen LogP contribution in [-0.4, -0.2) is 10.2 Å². The molecule has 2 nitrogen and oxygen atoms in total. The summed E-state index contributed by atoms with van der Waals surface area (Å²) in [5.41, 5.74) is 24.7. The summed E-state index contributed by atoms with van der Waals surface area (Å²) in [5, 5.41) is 53.9. The third-order valence-corrected chi connectivity index (χ3v) is 19.4. The molecule has 0 heterocycles. The first-order chi connectivity index (χ1) is 38.4. The number of hydrogen-bond acceptors (Lipinski definition) is 2. The average molecular weight is 1030 g/mol. The highest BCUT2D eigenvalue weighted by Gasteiger charge is 2.34. The molecular formula is C78H58O2. The molecule has 0 aliphatic carbocycles. The summed E-state index contributed by atoms with van der Waals surface area (Å²) in [4.78, 5) is 0. The molecular weight excluding hydrogens is 969 g/mol. The Balaban J connectivity index is 1.23. The van der Waals surface area contributed by atoms with E-state index in [2.05, 4.69) is 204 Å². The molecule has 0 radical (unpaired) electrons. The van der Waals surface area contributed by atoms with Crippen LogP contribution in [0, 0.1) is 83.1 Å². The molecule has 0 saturated carbocycles. The van der Waals surface area contributed by atoms with Crippen LogP contribution in [0.4, 0.5) is 0 Å². The second kappa shape index (κ2) is 15.0. The lowest BCUT2D eigenvalue weighted by Gasteiger charge is -2.30. The molecule has 382 valence electrons. The van der Waals surface area contributed by atoms with Gasteiger partial charge in [0.25, 0.3) is 0 Å². The highest BCUT2D eigenvalue weighted by Crippen LogP contribution is 2.62. The predicted molar refractivity (Wildman–Crippen MR) is 346 cm³/mol. The molecule has 0 atom stereocenters. The van der Waals surface area contributed by atoms with E-state index in [4.69, 9.17) is 0 Å². The van der Waals surface area contributed by atoms with Gasteiger partial charge in [-0.25, -0.2) is 0 Å². The molecule has 0 aliphatic heterocycles. The first kappa shape index (κ1) is 46.0. The minimum atomic E-state index is 0.268. The van der Waals surface area contributed by atoms with Crippen molar-refractivity contribution in [2.75, 3.05) is 0 Å². The molecule has 0 bridgehead atoms. The van der Waals surface area contributed by atoms with Crippen LogP contribution in [0.5, 0.6) is 11.5 Å². The minimum absolute atomic E-state index is 0.268. The maximum absolute atomic E-state index is 12.5. The quantitative estimate of drug-likeness (QED) is 0.136. The van der Waals surface area contributed by atoms with Gasteiger partial charge in [0.15, 0.2) is 0 Å². The van der Waals surface area contributed by atoms with E-state index in [1.54, 1.807) is 0 Å². The van der Waals surface area contributed by atoms with Gasteiger partial charge in [-0.2, -0.15) is 0 Å². The molecule has 0 aliphatic rings. The lowest BCUT2D eigenvalue weighted by atomic mass is 9.72. The van der Waals surface area contributed by atoms with Crippen LogP contribution in [0.3, 0.4) is 0 Å². The van der Waals surface area contributed by atoms with Crippen LogP contribution in [0.1, 0.15) is 66.8 Å². The van der Waals surface area contributed by atoms with E-state index < -0.39 is 0 Å². The Morgan fingerprint density at radius 1 is 0.175 bits per heavy atom. The van der Waals surface area contributed by atoms with Crippen molar-refractivity contribution in [2.24, 2.45) is 0 Å². The number of benzene rings is 17. The number of aryl methyl sites for hydroxylation is 12. The van der Waals surface area contributed by atoms with Crippen LogP contribution >= 0.6 is 0 Å². The van der Waals surface area contributed by atoms with Gasteiger partial charge in [0.2, 0.25) is 0 Å². The zero-order valence-electron chi connectivity index (χ0n) is 47.4. The topological polar surface area (TPSA) is 40.5 Å². The lowest BCUT2D eigenvalue weighted by Crippen LogP contribution is -2.02. The largest absolute Gasteiger partial charge is 0.508 e. The number of aromatic hydroxyl groups is 2. The van der Waals surface area contributed by atoms with Crippen LogP contribution < -0.4 is 0 Å². The molecule has 0 spiro atoms. The third-order valence-electron chi connectivity index (χ3n) is 19.4. The van der Waals surface area contributed by atoms with Crippen molar-refractivity contribution in [3.8, 4) is 56.0 Å². The molecule has 2 heteroatoms. The van der Waals surface area contributed by atoms with E-state index in [1.165, 1.54) is 197 Å². The van der Waals surface area contributed by atoms with Gasteiger partial charge in [-0.1, -0.05) is 70.8 Å². The normalized spacial score (nSPS) is 12.8. The summed E-state index contributed by atoms with van der Waals surface area (Å²) in [6.45, 7) is 26.9. The van der Waals surface area contributed by atoms with E-state index in [0.717, 1.165) is 43.1 Å². The Labute approximate surface area is 464 Å². The van der Waals surface area contributed by atoms with Crippen LogP contribution in [-0.2, 0) is 0 Å². The van der Waals surface area contributed by atoms with Gasteiger partial charge in [0, 0.05) is 0 Å². The first-order valence-electron chi connectivity index (χ1n) is 28.5. The Morgan fingerprint density at radius 2 is 0.312 bits per heavy atom. The summed E-state index contributed by atoms with van der Waals surface area (Å²) in [6.07, 6.45) is 0. The van der Waals surface area contributed by atoms with E-state index >= 15 is 0 Å². The fraction of sp³-hybridized carbons (Fsp3) is 0.154. The number of rotatable bonds is 4. The molecule has 0 saturated heterocycles. The van der Waals surface area contributed by atoms with Crippen LogP contribution in [0.25, 0.3) is 174 Å². The smallest absolute Gasteiger partial charge is 0.116 e. The molecule has 80 heavy (non-hydrogen) atoms. The van der Waals surface area contributed by atoms with E-state index in [1.807, 2.05) is 0 Å². The Morgan fingerprint density at radius 3 is 0.463 bits per heavy atom. The van der Waals surface area contributed by atoms with Crippen molar-refractivity contribution in [1.82, 2.24) is 0 Å². The number of hydrogen-bond donors (Lipinski definition) is 2. The Kier molecular flexibility index (Phi) is 8.63. The van der Waals surface area contributed by atoms with Gasteiger partial charge < -0.3 is 10.2 Å². The standard InChI is InChI=1S/C78H58O2/c1-33-13-37(5)63(38(6)14-33)45-21-51-52-22-46(64-39(7)15-34(2)16-40(64)8)26-56-61-31-50(80)32-62-58-28-48(66-43(11)19-36(4)20-44(66)12)24-54-53-23-47(65-41(9)17-35(3)18-42(65)10)27-57-60-30-49(79)29-59-55(25-45)67(51)73-74(68(52)56)78(72(61)62)76(70(54)58)75(69(53)57)77(73)71(59)60/h13-32,79-80H,1-12H3. The van der Waals surface area contributed by atoms with Gasteiger partial charge >= 0.3 is 0 Å². The van der Waals surface area contributed by atoms with Gasteiger partial charge in [-0.15, -0.1) is 0 Å². The predicted octanol–water partition coefficient (Wildman–Crippen LogP) is 21.9. The van der Waals surface area contributed by atoms with E-state index in [0.29, 0.717) is 0 Å². The van der Waals surface area contributed by atoms with Crippen molar-refractivity contribution in [3.05, 3.63) is 188 Å². The molecule has 0 amide bonds. The average Bonchev–Trinajstić information content (AvgIpc) is 0.935. The van der Waals surface area contributed by atoms with Crippen molar-refractivity contribution in [3.63, 3.8) is 0 Å².